The Morgan fingerprint density at radius 2 is 2.10 bits per heavy atom. The maximum atomic E-state index is 12.1. The molecule has 0 aromatic rings. The average molecular weight is 311 g/mol. The Hall–Kier alpha value is -1.31. The first-order valence-electron chi connectivity index (χ1n) is 6.88. The molecule has 0 bridgehead atoms. The molecule has 21 heavy (non-hydrogen) atoms. The summed E-state index contributed by atoms with van der Waals surface area (Å²) in [6, 6.07) is 0. The van der Waals surface area contributed by atoms with Gasteiger partial charge in [0.1, 0.15) is 12.7 Å². The van der Waals surface area contributed by atoms with Crippen molar-refractivity contribution in [1.82, 2.24) is 4.90 Å². The van der Waals surface area contributed by atoms with Gasteiger partial charge in [-0.15, -0.1) is 0 Å². The van der Waals surface area contributed by atoms with Gasteiger partial charge in [-0.05, 0) is 32.1 Å². The van der Waals surface area contributed by atoms with Crippen molar-refractivity contribution in [2.45, 2.75) is 44.9 Å². The number of carboxylic acids is 1. The Labute approximate surface area is 121 Å². The predicted molar refractivity (Wildman–Crippen MR) is 67.6 cm³/mol. The van der Waals surface area contributed by atoms with Crippen molar-refractivity contribution < 1.29 is 32.6 Å². The highest BCUT2D eigenvalue weighted by Gasteiger charge is 2.32. The molecule has 0 radical (unpaired) electrons. The number of alkyl halides is 3. The molecule has 5 nitrogen and oxygen atoms in total. The van der Waals surface area contributed by atoms with Crippen molar-refractivity contribution >= 4 is 11.9 Å². The number of amides is 1. The fourth-order valence-corrected chi connectivity index (χ4v) is 2.38. The summed E-state index contributed by atoms with van der Waals surface area (Å²) in [4.78, 5) is 24.0. The Morgan fingerprint density at radius 3 is 2.67 bits per heavy atom. The van der Waals surface area contributed by atoms with Crippen LogP contribution in [0.1, 0.15) is 32.6 Å². The van der Waals surface area contributed by atoms with E-state index in [2.05, 4.69) is 4.74 Å². The molecule has 1 amide bonds. The lowest BCUT2D eigenvalue weighted by Crippen LogP contribution is -2.45. The summed E-state index contributed by atoms with van der Waals surface area (Å²) in [6.07, 6.45) is -3.55. The van der Waals surface area contributed by atoms with Crippen molar-refractivity contribution in [3.63, 3.8) is 0 Å². The first kappa shape index (κ1) is 17.7. The van der Waals surface area contributed by atoms with Crippen molar-refractivity contribution in [3.8, 4) is 0 Å². The van der Waals surface area contributed by atoms with Crippen molar-refractivity contribution in [2.24, 2.45) is 5.92 Å². The van der Waals surface area contributed by atoms with Crippen LogP contribution in [0.3, 0.4) is 0 Å². The van der Waals surface area contributed by atoms with Crippen molar-refractivity contribution in [2.75, 3.05) is 19.7 Å². The molecular weight excluding hydrogens is 291 g/mol. The summed E-state index contributed by atoms with van der Waals surface area (Å²) < 4.78 is 40.7. The summed E-state index contributed by atoms with van der Waals surface area (Å²) in [5.74, 6) is -1.28. The lowest BCUT2D eigenvalue weighted by molar-refractivity contribution is -0.189. The maximum absolute atomic E-state index is 12.1. The van der Waals surface area contributed by atoms with E-state index in [1.165, 1.54) is 11.8 Å². The zero-order chi connectivity index (χ0) is 16.0. The molecule has 0 aromatic carbocycles. The first-order valence-corrected chi connectivity index (χ1v) is 6.88. The number of nitrogens with zero attached hydrogens (tertiary/aromatic N) is 1. The van der Waals surface area contributed by atoms with E-state index in [1.807, 2.05) is 0 Å². The largest absolute Gasteiger partial charge is 0.481 e. The van der Waals surface area contributed by atoms with Crippen LogP contribution in [0.2, 0.25) is 0 Å². The van der Waals surface area contributed by atoms with Gasteiger partial charge >= 0.3 is 12.1 Å². The predicted octanol–water partition coefficient (Wildman–Crippen LogP) is 2.06. The van der Waals surface area contributed by atoms with Gasteiger partial charge in [0.25, 0.3) is 5.91 Å². The smallest absolute Gasteiger partial charge is 0.411 e. The van der Waals surface area contributed by atoms with Gasteiger partial charge in [0.05, 0.1) is 0 Å². The molecule has 1 aliphatic heterocycles. The minimum atomic E-state index is -4.46. The van der Waals surface area contributed by atoms with E-state index in [9.17, 15) is 22.8 Å². The van der Waals surface area contributed by atoms with E-state index in [4.69, 9.17) is 5.11 Å². The zero-order valence-electron chi connectivity index (χ0n) is 11.9. The number of likely N-dealkylation sites (tertiary alicyclic amines) is 1. The van der Waals surface area contributed by atoms with E-state index in [1.54, 1.807) is 0 Å². The van der Waals surface area contributed by atoms with Crippen LogP contribution in [0.5, 0.6) is 0 Å². The molecule has 1 N–H and O–H groups in total. The molecule has 1 saturated heterocycles. The van der Waals surface area contributed by atoms with Crippen LogP contribution >= 0.6 is 0 Å². The summed E-state index contributed by atoms with van der Waals surface area (Å²) >= 11 is 0. The van der Waals surface area contributed by atoms with Crippen LogP contribution in [-0.4, -0.2) is 53.9 Å². The average Bonchev–Trinajstić information content (AvgIpc) is 2.41. The molecule has 0 aliphatic carbocycles. The second kappa shape index (κ2) is 7.63. The number of carbonyl (C=O) groups excluding carboxylic acids is 1. The SMILES string of the molecule is C[C@@H](OCC(F)(F)F)C(=O)N1CCC[C@H](CCC(=O)O)C1. The van der Waals surface area contributed by atoms with E-state index in [-0.39, 0.29) is 12.3 Å². The molecule has 1 heterocycles. The Bertz CT molecular complexity index is 373. The quantitative estimate of drug-likeness (QED) is 0.815. The molecule has 1 aliphatic rings. The number of piperidine rings is 1. The topological polar surface area (TPSA) is 66.8 Å². The molecule has 0 saturated carbocycles. The van der Waals surface area contributed by atoms with Crippen molar-refractivity contribution in [3.05, 3.63) is 0 Å². The summed E-state index contributed by atoms with van der Waals surface area (Å²) in [5, 5.41) is 8.65. The van der Waals surface area contributed by atoms with E-state index >= 15 is 0 Å². The molecule has 0 aromatic heterocycles. The highest BCUT2D eigenvalue weighted by molar-refractivity contribution is 5.80. The van der Waals surface area contributed by atoms with Gasteiger partial charge in [-0.2, -0.15) is 13.2 Å². The summed E-state index contributed by atoms with van der Waals surface area (Å²) in [7, 11) is 0. The molecular formula is C13H20F3NO4. The van der Waals surface area contributed by atoms with Crippen LogP contribution in [0.15, 0.2) is 0 Å². The van der Waals surface area contributed by atoms with Gasteiger partial charge in [0, 0.05) is 19.5 Å². The van der Waals surface area contributed by atoms with E-state index < -0.39 is 30.8 Å². The zero-order valence-corrected chi connectivity index (χ0v) is 11.9. The number of hydrogen-bond donors (Lipinski definition) is 1. The highest BCUT2D eigenvalue weighted by Crippen LogP contribution is 2.22. The normalized spacial score (nSPS) is 21.1. The van der Waals surface area contributed by atoms with Crippen LogP contribution in [-0.2, 0) is 14.3 Å². The van der Waals surface area contributed by atoms with Crippen LogP contribution < -0.4 is 0 Å². The number of carbonyl (C=O) groups is 2. The van der Waals surface area contributed by atoms with E-state index in [0.29, 0.717) is 19.5 Å². The molecule has 2 atom stereocenters. The molecule has 8 heteroatoms. The standard InChI is InChI=1S/C13H20F3NO4/c1-9(21-8-13(14,15)16)12(20)17-6-2-3-10(7-17)4-5-11(18)19/h9-10H,2-8H2,1H3,(H,18,19)/t9-,10-/m1/s1. The number of halogens is 3. The first-order chi connectivity index (χ1) is 9.69. The third-order valence-electron chi connectivity index (χ3n) is 3.44. The van der Waals surface area contributed by atoms with E-state index in [0.717, 1.165) is 12.8 Å². The molecule has 0 unspecified atom stereocenters. The Balaban J connectivity index is 2.43. The number of aliphatic carboxylic acids is 1. The molecule has 122 valence electrons. The third-order valence-corrected chi connectivity index (χ3v) is 3.44. The van der Waals surface area contributed by atoms with Crippen LogP contribution in [0.25, 0.3) is 0 Å². The van der Waals surface area contributed by atoms with Gasteiger partial charge in [0.15, 0.2) is 0 Å². The van der Waals surface area contributed by atoms with Gasteiger partial charge < -0.3 is 14.7 Å². The second-order valence-electron chi connectivity index (χ2n) is 5.29. The minimum Gasteiger partial charge on any atom is -0.481 e. The van der Waals surface area contributed by atoms with Gasteiger partial charge in [0.2, 0.25) is 0 Å². The minimum absolute atomic E-state index is 0.0345. The van der Waals surface area contributed by atoms with Crippen LogP contribution in [0.4, 0.5) is 13.2 Å². The molecule has 0 spiro atoms. The number of rotatable bonds is 6. The highest BCUT2D eigenvalue weighted by atomic mass is 19.4. The van der Waals surface area contributed by atoms with Gasteiger partial charge in [-0.1, -0.05) is 0 Å². The number of hydrogen-bond acceptors (Lipinski definition) is 3. The monoisotopic (exact) mass is 311 g/mol. The van der Waals surface area contributed by atoms with Crippen molar-refractivity contribution in [1.29, 1.82) is 0 Å². The summed E-state index contributed by atoms with van der Waals surface area (Å²) in [5.41, 5.74) is 0. The third kappa shape index (κ3) is 6.79. The molecule has 1 fully saturated rings. The second-order valence-corrected chi connectivity index (χ2v) is 5.29. The lowest BCUT2D eigenvalue weighted by atomic mass is 9.93. The van der Waals surface area contributed by atoms with Gasteiger partial charge in [-0.3, -0.25) is 9.59 Å². The summed E-state index contributed by atoms with van der Waals surface area (Å²) in [6.45, 7) is 0.707. The Morgan fingerprint density at radius 1 is 1.43 bits per heavy atom. The number of ether oxygens (including phenoxy) is 1. The lowest BCUT2D eigenvalue weighted by Gasteiger charge is -2.34. The molecule has 1 rings (SSSR count). The number of carboxylic acid groups (broad SMARTS) is 1. The Kier molecular flexibility index (Phi) is 6.44. The van der Waals surface area contributed by atoms with Crippen LogP contribution in [0, 0.1) is 5.92 Å². The maximum Gasteiger partial charge on any atom is 0.411 e. The fourth-order valence-electron chi connectivity index (χ4n) is 2.38. The fraction of sp³-hybridized carbons (Fsp3) is 0.846. The van der Waals surface area contributed by atoms with Gasteiger partial charge in [-0.25, -0.2) is 0 Å².